The average molecular weight is 520 g/mol. The number of hydrogen-bond donors (Lipinski definition) is 2. The van der Waals surface area contributed by atoms with Crippen molar-refractivity contribution in [2.24, 2.45) is 31.9 Å². The second-order valence-electron chi connectivity index (χ2n) is 4.48. The Hall–Kier alpha value is -2.69. The molecule has 0 amide bonds. The van der Waals surface area contributed by atoms with Crippen LogP contribution in [0.2, 0.25) is 0 Å². The van der Waals surface area contributed by atoms with E-state index in [9.17, 15) is 8.78 Å². The molecule has 0 radical (unpaired) electrons. The third-order valence-corrected chi connectivity index (χ3v) is 2.68. The summed E-state index contributed by atoms with van der Waals surface area (Å²) in [6.45, 7) is 0. The van der Waals surface area contributed by atoms with Crippen LogP contribution >= 0.6 is 0 Å². The number of nitrogens with two attached hydrogens (primary N) is 2. The Labute approximate surface area is 184 Å². The normalized spacial score (nSPS) is 11.2. The molecule has 152 valence electrons. The van der Waals surface area contributed by atoms with Gasteiger partial charge in [0.15, 0.2) is 0 Å². The fraction of sp³-hybridized carbons (Fsp3) is 0. The van der Waals surface area contributed by atoms with Crippen LogP contribution in [0.3, 0.4) is 0 Å². The molecule has 0 saturated heterocycles. The summed E-state index contributed by atoms with van der Waals surface area (Å²) in [4.78, 5) is 0. The standard InChI is InChI=1S/2C8H8FN3S.Mo.2O/c2*9-7-4-2-1-3-6(7)5-11-12-8(10)13;;;/h2*1-5H,(H3,10,12,13);;;/q;;+2;;/p-2/b2*11-5-;;;. The van der Waals surface area contributed by atoms with E-state index in [-0.39, 0.29) is 22.0 Å². The Morgan fingerprint density at radius 1 is 0.793 bits per heavy atom. The number of amidine groups is 2. The molecule has 8 nitrogen and oxygen atoms in total. The van der Waals surface area contributed by atoms with E-state index in [0.29, 0.717) is 11.1 Å². The first-order chi connectivity index (χ1) is 13.8. The van der Waals surface area contributed by atoms with Gasteiger partial charge in [0.25, 0.3) is 0 Å². The first-order valence-corrected chi connectivity index (χ1v) is 9.75. The summed E-state index contributed by atoms with van der Waals surface area (Å²) in [5, 5.41) is 13.6. The van der Waals surface area contributed by atoms with Gasteiger partial charge >= 0.3 is 25.3 Å². The first-order valence-electron chi connectivity index (χ1n) is 7.29. The molecule has 29 heavy (non-hydrogen) atoms. The van der Waals surface area contributed by atoms with Crippen molar-refractivity contribution in [2.45, 2.75) is 0 Å². The predicted octanol–water partition coefficient (Wildman–Crippen LogP) is 1.80. The summed E-state index contributed by atoms with van der Waals surface area (Å²) in [6, 6.07) is 12.4. The second-order valence-corrected chi connectivity index (χ2v) is 5.65. The summed E-state index contributed by atoms with van der Waals surface area (Å²) in [5.74, 6) is -0.714. The van der Waals surface area contributed by atoms with Gasteiger partial charge in [0, 0.05) is 11.1 Å². The molecule has 0 aliphatic carbocycles. The number of hydrogen-bond acceptors (Lipinski definition) is 8. The first kappa shape index (κ1) is 26.3. The quantitative estimate of drug-likeness (QED) is 0.208. The summed E-state index contributed by atoms with van der Waals surface area (Å²) >= 11 is 6.86. The van der Waals surface area contributed by atoms with Gasteiger partial charge in [0.1, 0.15) is 11.6 Å². The van der Waals surface area contributed by atoms with E-state index in [2.05, 4.69) is 45.7 Å². The Morgan fingerprint density at radius 2 is 1.10 bits per heavy atom. The molecule has 4 N–H and O–H groups in total. The van der Waals surface area contributed by atoms with Crippen molar-refractivity contribution >= 4 is 48.0 Å². The van der Waals surface area contributed by atoms with Crippen LogP contribution in [0.4, 0.5) is 8.78 Å². The van der Waals surface area contributed by atoms with Crippen LogP contribution in [-0.2, 0) is 50.5 Å². The van der Waals surface area contributed by atoms with Gasteiger partial charge in [-0.1, -0.05) is 36.4 Å². The van der Waals surface area contributed by atoms with Crippen molar-refractivity contribution in [1.82, 2.24) is 0 Å². The van der Waals surface area contributed by atoms with Crippen LogP contribution in [0, 0.1) is 11.6 Å². The Balaban J connectivity index is 0.000000477. The zero-order chi connectivity index (χ0) is 22.1. The average Bonchev–Trinajstić information content (AvgIpc) is 2.66. The molecule has 2 rings (SSSR count). The van der Waals surface area contributed by atoms with E-state index in [1.165, 1.54) is 24.6 Å². The van der Waals surface area contributed by atoms with Gasteiger partial charge in [0.2, 0.25) is 0 Å². The SMILES string of the molecule is N/C([S-])=N/N=C\c1ccccc1F.N/C([S-])=N/N=C\c1ccccc1F.[O]=[Mo+2]=[O]. The van der Waals surface area contributed by atoms with E-state index >= 15 is 0 Å². The van der Waals surface area contributed by atoms with Crippen LogP contribution in [-0.4, -0.2) is 22.8 Å². The second kappa shape index (κ2) is 16.3. The number of nitrogens with zero attached hydrogens (tertiary/aromatic N) is 4. The van der Waals surface area contributed by atoms with Gasteiger partial charge in [-0.05, 0) is 22.5 Å². The molecule has 0 unspecified atom stereocenters. The van der Waals surface area contributed by atoms with Gasteiger partial charge < -0.3 is 36.7 Å². The number of halogens is 2. The minimum atomic E-state index is -2.03. The van der Waals surface area contributed by atoms with Crippen molar-refractivity contribution in [2.75, 3.05) is 0 Å². The zero-order valence-corrected chi connectivity index (χ0v) is 18.2. The fourth-order valence-electron chi connectivity index (χ4n) is 1.46. The van der Waals surface area contributed by atoms with Gasteiger partial charge in [-0.2, -0.15) is 20.4 Å². The number of rotatable bonds is 4. The van der Waals surface area contributed by atoms with Crippen LogP contribution in [0.25, 0.3) is 0 Å². The van der Waals surface area contributed by atoms with Crippen LogP contribution < -0.4 is 11.5 Å². The van der Waals surface area contributed by atoms with E-state index in [1.54, 1.807) is 36.4 Å². The molecule has 0 aliphatic rings. The molecule has 0 heterocycles. The molecule has 0 fully saturated rings. The van der Waals surface area contributed by atoms with Gasteiger partial charge in [-0.3, -0.25) is 0 Å². The third-order valence-electron chi connectivity index (χ3n) is 2.52. The van der Waals surface area contributed by atoms with Crippen LogP contribution in [0.15, 0.2) is 68.9 Å². The van der Waals surface area contributed by atoms with Crippen LogP contribution in [0.1, 0.15) is 11.1 Å². The predicted molar refractivity (Wildman–Crippen MR) is 107 cm³/mol. The maximum absolute atomic E-state index is 12.9. The third kappa shape index (κ3) is 14.0. The van der Waals surface area contributed by atoms with Crippen molar-refractivity contribution < 1.29 is 34.1 Å². The summed E-state index contributed by atoms with van der Waals surface area (Å²) in [6.07, 6.45) is 2.52. The molecule has 0 aliphatic heterocycles. The van der Waals surface area contributed by atoms with Crippen molar-refractivity contribution in [3.8, 4) is 0 Å². The molecule has 0 aromatic heterocycles. The Kier molecular flexibility index (Phi) is 14.8. The van der Waals surface area contributed by atoms with Crippen molar-refractivity contribution in [3.63, 3.8) is 0 Å². The molecule has 2 aromatic rings. The van der Waals surface area contributed by atoms with Gasteiger partial charge in [-0.25, -0.2) is 8.78 Å². The molecular formula is C16H14F2MoN6O2S2. The van der Waals surface area contributed by atoms with Crippen molar-refractivity contribution in [1.29, 1.82) is 0 Å². The maximum atomic E-state index is 12.9. The van der Waals surface area contributed by atoms with Gasteiger partial charge in [0.05, 0.1) is 12.4 Å². The van der Waals surface area contributed by atoms with E-state index in [1.807, 2.05) is 0 Å². The van der Waals surface area contributed by atoms with E-state index < -0.39 is 18.5 Å². The van der Waals surface area contributed by atoms with Gasteiger partial charge in [-0.15, -0.1) is 0 Å². The summed E-state index contributed by atoms with van der Waals surface area (Å²) < 4.78 is 42.8. The van der Waals surface area contributed by atoms with E-state index in [4.69, 9.17) is 18.3 Å². The molecule has 13 heteroatoms. The molecule has 0 bridgehead atoms. The monoisotopic (exact) mass is 522 g/mol. The minimum absolute atomic E-state index is 0.0763. The Morgan fingerprint density at radius 3 is 1.38 bits per heavy atom. The summed E-state index contributed by atoms with van der Waals surface area (Å²) in [5.41, 5.74) is 10.8. The fourth-order valence-corrected chi connectivity index (χ4v) is 1.55. The molecule has 0 saturated carbocycles. The van der Waals surface area contributed by atoms with Crippen LogP contribution in [0.5, 0.6) is 0 Å². The van der Waals surface area contributed by atoms with Crippen molar-refractivity contribution in [3.05, 3.63) is 71.3 Å². The Bertz CT molecular complexity index is 858. The molecule has 0 atom stereocenters. The molecule has 2 aromatic carbocycles. The number of benzene rings is 2. The molecular weight excluding hydrogens is 506 g/mol. The summed E-state index contributed by atoms with van der Waals surface area (Å²) in [7, 11) is 0. The molecule has 0 spiro atoms. The van der Waals surface area contributed by atoms with E-state index in [0.717, 1.165) is 0 Å². The zero-order valence-electron chi connectivity index (χ0n) is 14.5. The topological polar surface area (TPSA) is 136 Å².